The molecular weight excluding hydrogens is 487 g/mol. The number of rotatable bonds is 2. The Morgan fingerprint density at radius 3 is 1.08 bits per heavy atom. The predicted octanol–water partition coefficient (Wildman–Crippen LogP) is -4.07. The molecule has 0 aromatic carbocycles. The van der Waals surface area contributed by atoms with E-state index in [1.165, 1.54) is 0 Å². The molecule has 0 saturated heterocycles. The van der Waals surface area contributed by atoms with Crippen LogP contribution in [0.5, 0.6) is 0 Å². The van der Waals surface area contributed by atoms with Crippen LogP contribution in [0.3, 0.4) is 0 Å². The minimum atomic E-state index is -4.56. The van der Waals surface area contributed by atoms with E-state index in [9.17, 15) is 16.8 Å². The Kier molecular flexibility index (Phi) is 17.2. The quantitative estimate of drug-likeness (QED) is 0.298. The van der Waals surface area contributed by atoms with Gasteiger partial charge in [-0.05, 0) is 0 Å². The van der Waals surface area contributed by atoms with Crippen LogP contribution in [0, 0.1) is 0 Å². The van der Waals surface area contributed by atoms with Crippen molar-refractivity contribution in [1.82, 2.24) is 0 Å². The maximum absolute atomic E-state index is 9.69. The molecular formula is H8CuGaInO6S2Se. The first-order valence-electron chi connectivity index (χ1n) is 1.37. The maximum atomic E-state index is 9.69. The Morgan fingerprint density at radius 2 is 1.08 bits per heavy atom. The summed E-state index contributed by atoms with van der Waals surface area (Å²) in [6, 6.07) is 0. The Morgan fingerprint density at radius 1 is 0.917 bits per heavy atom. The van der Waals surface area contributed by atoms with Gasteiger partial charge in [0.15, 0.2) is 0 Å². The molecule has 0 rings (SSSR count). The molecule has 0 heterocycles. The van der Waals surface area contributed by atoms with Crippen molar-refractivity contribution in [3.63, 3.8) is 0 Å². The van der Waals surface area contributed by atoms with Crippen molar-refractivity contribution in [2.75, 3.05) is 0 Å². The number of hydrogen-bond donors (Lipinski definition) is 2. The molecule has 6 nitrogen and oxygen atoms in total. The summed E-state index contributed by atoms with van der Waals surface area (Å²) in [6.07, 6.45) is 0. The second kappa shape index (κ2) is 8.66. The summed E-state index contributed by atoms with van der Waals surface area (Å²) in [7, 11) is -9.11. The van der Waals surface area contributed by atoms with Gasteiger partial charge in [0.1, 0.15) is 0 Å². The SMILES string of the molecule is O=S(=O)(O)[Se]S(=O)(=O)O.[Cu].[GaH3].[InH3]. The molecule has 1 radical (unpaired) electrons. The third-order valence-corrected chi connectivity index (χ3v) is 8.04. The Balaban J connectivity index is -0.000000107. The van der Waals surface area contributed by atoms with Crippen LogP contribution in [0.2, 0.25) is 0 Å². The molecule has 0 bridgehead atoms. The fourth-order valence-corrected chi connectivity index (χ4v) is 5.08. The molecule has 0 aromatic rings. The van der Waals surface area contributed by atoms with Crippen LogP contribution in [0.25, 0.3) is 0 Å². The van der Waals surface area contributed by atoms with Gasteiger partial charge in [-0.3, -0.25) is 0 Å². The monoisotopic (exact) mass is 495 g/mol. The van der Waals surface area contributed by atoms with Crippen LogP contribution in [0.15, 0.2) is 0 Å². The second-order valence-corrected chi connectivity index (χ2v) is 11.1. The van der Waals surface area contributed by atoms with Crippen LogP contribution in [-0.4, -0.2) is 84.3 Å². The van der Waals surface area contributed by atoms with E-state index < -0.39 is 29.8 Å². The first kappa shape index (κ1) is 23.9. The van der Waals surface area contributed by atoms with E-state index in [-0.39, 0.29) is 62.7 Å². The Bertz CT molecular complexity index is 251. The van der Waals surface area contributed by atoms with E-state index in [4.69, 9.17) is 9.11 Å². The zero-order valence-corrected chi connectivity index (χ0v) is 8.34. The summed E-state index contributed by atoms with van der Waals surface area (Å²) in [5, 5.41) is 0. The molecule has 79 valence electrons. The third-order valence-electron chi connectivity index (χ3n) is 0.172. The summed E-state index contributed by atoms with van der Waals surface area (Å²) in [5.41, 5.74) is 0. The van der Waals surface area contributed by atoms with Crippen molar-refractivity contribution in [2.45, 2.75) is 0 Å². The fourth-order valence-electron chi connectivity index (χ4n) is 0.109. The van der Waals surface area contributed by atoms with Crippen LogP contribution >= 0.6 is 0 Å². The van der Waals surface area contributed by atoms with Crippen molar-refractivity contribution in [3.05, 3.63) is 0 Å². The molecule has 12 heteroatoms. The molecule has 0 fully saturated rings. The van der Waals surface area contributed by atoms with E-state index >= 15 is 0 Å². The van der Waals surface area contributed by atoms with Crippen molar-refractivity contribution in [1.29, 1.82) is 0 Å². The zero-order chi connectivity index (χ0) is 7.71. The molecule has 0 atom stereocenters. The summed E-state index contributed by atoms with van der Waals surface area (Å²) in [5.74, 6) is 0. The summed E-state index contributed by atoms with van der Waals surface area (Å²) in [6.45, 7) is 0. The van der Waals surface area contributed by atoms with Crippen molar-refractivity contribution >= 4 is 75.4 Å². The topological polar surface area (TPSA) is 109 Å². The van der Waals surface area contributed by atoms with Crippen molar-refractivity contribution < 1.29 is 43.0 Å². The van der Waals surface area contributed by atoms with E-state index in [0.29, 0.717) is 0 Å². The van der Waals surface area contributed by atoms with E-state index in [1.807, 2.05) is 0 Å². The standard InChI is InChI=1S/Cu.Ga.In.H2O6S2Se.6H/c;;;1-7(2,3)9-8(4,5)6;;;;;;/h;;;(H,1,2,3)(H,4,5,6);;;;;;. The van der Waals surface area contributed by atoms with Gasteiger partial charge in [-0.25, -0.2) is 0 Å². The van der Waals surface area contributed by atoms with Crippen molar-refractivity contribution in [3.8, 4) is 0 Å². The van der Waals surface area contributed by atoms with Gasteiger partial charge in [-0.2, -0.15) is 0 Å². The first-order valence-corrected chi connectivity index (χ1v) is 8.29. The van der Waals surface area contributed by atoms with E-state index in [2.05, 4.69) is 0 Å². The molecule has 0 amide bonds. The average molecular weight is 495 g/mol. The van der Waals surface area contributed by atoms with Gasteiger partial charge in [-0.1, -0.05) is 0 Å². The molecule has 2 N–H and O–H groups in total. The third kappa shape index (κ3) is 22.8. The second-order valence-electron chi connectivity index (χ2n) is 0.924. The molecule has 0 aliphatic rings. The van der Waals surface area contributed by atoms with Gasteiger partial charge in [0.25, 0.3) is 0 Å². The summed E-state index contributed by atoms with van der Waals surface area (Å²) in [4.78, 5) is 0. The van der Waals surface area contributed by atoms with Crippen LogP contribution in [0.1, 0.15) is 0 Å². The molecule has 12 heavy (non-hydrogen) atoms. The van der Waals surface area contributed by atoms with Gasteiger partial charge in [0.2, 0.25) is 0 Å². The Labute approximate surface area is 117 Å². The zero-order valence-electron chi connectivity index (χ0n) is 4.05. The van der Waals surface area contributed by atoms with Crippen LogP contribution in [-0.2, 0) is 34.1 Å². The molecule has 0 spiro atoms. The normalized spacial score (nSPS) is 10.2. The molecule has 0 saturated carbocycles. The average Bonchev–Trinajstić information content (AvgIpc) is 1.14. The van der Waals surface area contributed by atoms with Gasteiger partial charge in [0.05, 0.1) is 0 Å². The van der Waals surface area contributed by atoms with E-state index in [0.717, 1.165) is 0 Å². The minimum absolute atomic E-state index is 0. The van der Waals surface area contributed by atoms with Crippen LogP contribution < -0.4 is 0 Å². The molecule has 0 aliphatic carbocycles. The van der Waals surface area contributed by atoms with Crippen molar-refractivity contribution in [2.24, 2.45) is 0 Å². The first-order chi connectivity index (χ1) is 3.71. The summed E-state index contributed by atoms with van der Waals surface area (Å²) < 4.78 is 54.4. The van der Waals surface area contributed by atoms with E-state index in [1.54, 1.807) is 0 Å². The molecule has 0 aromatic heterocycles. The van der Waals surface area contributed by atoms with Gasteiger partial charge < -0.3 is 0 Å². The number of hydrogen-bond acceptors (Lipinski definition) is 4. The predicted molar refractivity (Wildman–Crippen MR) is 48.7 cm³/mol. The van der Waals surface area contributed by atoms with Gasteiger partial charge in [0, 0.05) is 17.1 Å². The Hall–Kier alpha value is 2.37. The fraction of sp³-hybridized carbons (Fsp3) is 0. The molecule has 0 aliphatic heterocycles. The molecule has 0 unspecified atom stereocenters. The van der Waals surface area contributed by atoms with Gasteiger partial charge >= 0.3 is 101 Å². The van der Waals surface area contributed by atoms with Crippen LogP contribution in [0.4, 0.5) is 0 Å². The van der Waals surface area contributed by atoms with Gasteiger partial charge in [-0.15, -0.1) is 0 Å². The summed E-state index contributed by atoms with van der Waals surface area (Å²) >= 11 is -2.19.